The van der Waals surface area contributed by atoms with Gasteiger partial charge in [0, 0.05) is 29.9 Å². The predicted octanol–water partition coefficient (Wildman–Crippen LogP) is 3.44. The number of anilines is 1. The fourth-order valence-corrected chi connectivity index (χ4v) is 2.97. The van der Waals surface area contributed by atoms with Crippen LogP contribution in [0.15, 0.2) is 18.2 Å². The molecule has 0 amide bonds. The lowest BCUT2D eigenvalue weighted by molar-refractivity contribution is -0.385. The summed E-state index contributed by atoms with van der Waals surface area (Å²) in [5.74, 6) is 0. The van der Waals surface area contributed by atoms with E-state index in [9.17, 15) is 10.1 Å². The fraction of sp³-hybridized carbons (Fsp3) is 0.625. The van der Waals surface area contributed by atoms with Crippen LogP contribution in [0.1, 0.15) is 38.7 Å². The lowest BCUT2D eigenvalue weighted by Gasteiger charge is -2.19. The first-order valence-corrected chi connectivity index (χ1v) is 7.90. The molecule has 116 valence electrons. The van der Waals surface area contributed by atoms with Crippen molar-refractivity contribution in [1.82, 2.24) is 4.90 Å². The maximum absolute atomic E-state index is 11.1. The van der Waals surface area contributed by atoms with Crippen molar-refractivity contribution in [3.63, 3.8) is 0 Å². The van der Waals surface area contributed by atoms with E-state index in [1.54, 1.807) is 6.07 Å². The van der Waals surface area contributed by atoms with E-state index < -0.39 is 0 Å². The van der Waals surface area contributed by atoms with Gasteiger partial charge >= 0.3 is 0 Å². The van der Waals surface area contributed by atoms with E-state index >= 15 is 0 Å². The Hall–Kier alpha value is -1.62. The molecule has 1 N–H and O–H groups in total. The van der Waals surface area contributed by atoms with Crippen LogP contribution in [-0.2, 0) is 6.42 Å². The SMILES string of the molecule is CCc1ccc(NC2CCCN(CC)CC2)cc1[N+](=O)[O-]. The third-order valence-corrected chi connectivity index (χ3v) is 4.30. The molecule has 1 fully saturated rings. The number of hydrogen-bond acceptors (Lipinski definition) is 4. The second-order valence-electron chi connectivity index (χ2n) is 5.66. The zero-order valence-electron chi connectivity index (χ0n) is 13.0. The topological polar surface area (TPSA) is 58.4 Å². The summed E-state index contributed by atoms with van der Waals surface area (Å²) < 4.78 is 0. The van der Waals surface area contributed by atoms with Gasteiger partial charge in [0.25, 0.3) is 5.69 Å². The third-order valence-electron chi connectivity index (χ3n) is 4.30. The Morgan fingerprint density at radius 1 is 1.33 bits per heavy atom. The highest BCUT2D eigenvalue weighted by Gasteiger charge is 2.18. The van der Waals surface area contributed by atoms with Gasteiger partial charge in [-0.25, -0.2) is 0 Å². The van der Waals surface area contributed by atoms with Crippen LogP contribution in [0.25, 0.3) is 0 Å². The molecule has 5 nitrogen and oxygen atoms in total. The molecule has 5 heteroatoms. The number of nitrogens with zero attached hydrogens (tertiary/aromatic N) is 2. The van der Waals surface area contributed by atoms with Crippen LogP contribution >= 0.6 is 0 Å². The first kappa shape index (κ1) is 15.8. The van der Waals surface area contributed by atoms with Crippen molar-refractivity contribution in [2.24, 2.45) is 0 Å². The van der Waals surface area contributed by atoms with Crippen molar-refractivity contribution in [1.29, 1.82) is 0 Å². The Bertz CT molecular complexity index is 490. The number of nitro groups is 1. The summed E-state index contributed by atoms with van der Waals surface area (Å²) in [6.45, 7) is 7.50. The minimum atomic E-state index is -0.282. The normalized spacial score (nSPS) is 20.0. The molecule has 21 heavy (non-hydrogen) atoms. The highest BCUT2D eigenvalue weighted by atomic mass is 16.6. The molecule has 0 bridgehead atoms. The smallest absolute Gasteiger partial charge is 0.274 e. The number of likely N-dealkylation sites (tertiary alicyclic amines) is 1. The van der Waals surface area contributed by atoms with Crippen molar-refractivity contribution in [2.75, 3.05) is 25.0 Å². The van der Waals surface area contributed by atoms with Crippen molar-refractivity contribution in [3.8, 4) is 0 Å². The summed E-state index contributed by atoms with van der Waals surface area (Å²) in [7, 11) is 0. The van der Waals surface area contributed by atoms with E-state index in [1.807, 2.05) is 19.1 Å². The average molecular weight is 291 g/mol. The van der Waals surface area contributed by atoms with E-state index in [-0.39, 0.29) is 10.6 Å². The average Bonchev–Trinajstić information content (AvgIpc) is 2.72. The number of nitrogens with one attached hydrogen (secondary N) is 1. The van der Waals surface area contributed by atoms with E-state index in [4.69, 9.17) is 0 Å². The van der Waals surface area contributed by atoms with Gasteiger partial charge in [-0.2, -0.15) is 0 Å². The van der Waals surface area contributed by atoms with Crippen LogP contribution in [0, 0.1) is 10.1 Å². The van der Waals surface area contributed by atoms with Crippen LogP contribution in [0.4, 0.5) is 11.4 Å². The Balaban J connectivity index is 2.05. The summed E-state index contributed by atoms with van der Waals surface area (Å²) in [5.41, 5.74) is 1.89. The largest absolute Gasteiger partial charge is 0.382 e. The standard InChI is InChI=1S/C16H25N3O2/c1-3-13-7-8-15(12-16(13)19(20)21)17-14-6-5-10-18(4-2)11-9-14/h7-8,12,14,17H,3-6,9-11H2,1-2H3. The van der Waals surface area contributed by atoms with E-state index in [1.165, 1.54) is 6.42 Å². The summed E-state index contributed by atoms with van der Waals surface area (Å²) in [6.07, 6.45) is 4.09. The maximum Gasteiger partial charge on any atom is 0.274 e. The highest BCUT2D eigenvalue weighted by molar-refractivity contribution is 5.55. The molecule has 0 saturated carbocycles. The first-order chi connectivity index (χ1) is 10.1. The van der Waals surface area contributed by atoms with Crippen LogP contribution in [0.5, 0.6) is 0 Å². The second kappa shape index (κ2) is 7.41. The van der Waals surface area contributed by atoms with Gasteiger partial charge in [0.1, 0.15) is 0 Å². The zero-order chi connectivity index (χ0) is 15.2. The zero-order valence-corrected chi connectivity index (χ0v) is 13.0. The quantitative estimate of drug-likeness (QED) is 0.667. The number of hydrogen-bond donors (Lipinski definition) is 1. The predicted molar refractivity (Wildman–Crippen MR) is 85.9 cm³/mol. The van der Waals surface area contributed by atoms with Crippen molar-refractivity contribution in [2.45, 2.75) is 45.6 Å². The van der Waals surface area contributed by atoms with Crippen LogP contribution < -0.4 is 5.32 Å². The summed E-state index contributed by atoms with van der Waals surface area (Å²) >= 11 is 0. The van der Waals surface area contributed by atoms with Crippen LogP contribution in [-0.4, -0.2) is 35.5 Å². The van der Waals surface area contributed by atoms with Crippen LogP contribution in [0.3, 0.4) is 0 Å². The molecule has 1 unspecified atom stereocenters. The van der Waals surface area contributed by atoms with Crippen molar-refractivity contribution < 1.29 is 4.92 Å². The summed E-state index contributed by atoms with van der Waals surface area (Å²) in [4.78, 5) is 13.3. The molecular formula is C16H25N3O2. The van der Waals surface area contributed by atoms with Gasteiger partial charge in [-0.1, -0.05) is 19.9 Å². The van der Waals surface area contributed by atoms with Crippen molar-refractivity contribution in [3.05, 3.63) is 33.9 Å². The molecule has 1 atom stereocenters. The van der Waals surface area contributed by atoms with Gasteiger partial charge in [0.05, 0.1) is 4.92 Å². The van der Waals surface area contributed by atoms with E-state index in [0.717, 1.165) is 43.7 Å². The number of nitro benzene ring substituents is 1. The summed E-state index contributed by atoms with van der Waals surface area (Å²) in [5, 5.41) is 14.6. The Labute approximate surface area is 126 Å². The monoisotopic (exact) mass is 291 g/mol. The minimum absolute atomic E-state index is 0.228. The molecule has 0 spiro atoms. The molecular weight excluding hydrogens is 266 g/mol. The molecule has 1 aliphatic rings. The number of aryl methyl sites for hydroxylation is 1. The maximum atomic E-state index is 11.1. The molecule has 1 aromatic rings. The molecule has 2 rings (SSSR count). The Kier molecular flexibility index (Phi) is 5.56. The molecule has 1 aliphatic heterocycles. The molecule has 0 aliphatic carbocycles. The van der Waals surface area contributed by atoms with E-state index in [2.05, 4.69) is 17.1 Å². The van der Waals surface area contributed by atoms with Gasteiger partial charge in [-0.3, -0.25) is 10.1 Å². The number of benzene rings is 1. The Morgan fingerprint density at radius 2 is 2.14 bits per heavy atom. The van der Waals surface area contributed by atoms with Gasteiger partial charge < -0.3 is 10.2 Å². The highest BCUT2D eigenvalue weighted by Crippen LogP contribution is 2.25. The second-order valence-corrected chi connectivity index (χ2v) is 5.66. The van der Waals surface area contributed by atoms with Crippen LogP contribution in [0.2, 0.25) is 0 Å². The molecule has 0 aromatic heterocycles. The van der Waals surface area contributed by atoms with Crippen molar-refractivity contribution >= 4 is 11.4 Å². The fourth-order valence-electron chi connectivity index (χ4n) is 2.97. The molecule has 1 saturated heterocycles. The molecule has 1 heterocycles. The van der Waals surface area contributed by atoms with Gasteiger partial charge in [0.15, 0.2) is 0 Å². The van der Waals surface area contributed by atoms with Gasteiger partial charge in [-0.05, 0) is 44.8 Å². The Morgan fingerprint density at radius 3 is 2.81 bits per heavy atom. The van der Waals surface area contributed by atoms with Gasteiger partial charge in [-0.15, -0.1) is 0 Å². The van der Waals surface area contributed by atoms with E-state index in [0.29, 0.717) is 12.5 Å². The lowest BCUT2D eigenvalue weighted by Crippen LogP contribution is -2.26. The third kappa shape index (κ3) is 4.17. The lowest BCUT2D eigenvalue weighted by atomic mass is 10.1. The first-order valence-electron chi connectivity index (χ1n) is 7.90. The number of rotatable bonds is 5. The minimum Gasteiger partial charge on any atom is -0.382 e. The van der Waals surface area contributed by atoms with Gasteiger partial charge in [0.2, 0.25) is 0 Å². The molecule has 1 aromatic carbocycles. The summed E-state index contributed by atoms with van der Waals surface area (Å²) in [6, 6.07) is 5.93. The molecule has 0 radical (unpaired) electrons.